The Kier molecular flexibility index (Phi) is 4.73. The van der Waals surface area contributed by atoms with Gasteiger partial charge in [-0.1, -0.05) is 0 Å². The highest BCUT2D eigenvalue weighted by molar-refractivity contribution is 9.10. The SMILES string of the molecule is Cc1sc2nc(Cn3nc(CCO)cc3C(F)(F)F)cc(=O)n2c1Br. The molecule has 0 bridgehead atoms. The zero-order valence-electron chi connectivity index (χ0n) is 12.8. The molecule has 0 amide bonds. The first-order valence-electron chi connectivity index (χ1n) is 7.13. The van der Waals surface area contributed by atoms with E-state index in [1.54, 1.807) is 6.92 Å². The van der Waals surface area contributed by atoms with E-state index in [2.05, 4.69) is 26.0 Å². The van der Waals surface area contributed by atoms with Gasteiger partial charge in [-0.15, -0.1) is 11.3 Å². The summed E-state index contributed by atoms with van der Waals surface area (Å²) in [5, 5.41) is 12.8. The largest absolute Gasteiger partial charge is 0.433 e. The van der Waals surface area contributed by atoms with Crippen molar-refractivity contribution in [2.24, 2.45) is 0 Å². The van der Waals surface area contributed by atoms with E-state index in [-0.39, 0.29) is 36.5 Å². The van der Waals surface area contributed by atoms with Crippen molar-refractivity contribution in [1.29, 1.82) is 0 Å². The molecular weight excluding hydrogens is 425 g/mol. The molecule has 0 aliphatic carbocycles. The zero-order chi connectivity index (χ0) is 18.4. The van der Waals surface area contributed by atoms with Crippen LogP contribution in [0.5, 0.6) is 0 Å². The first-order chi connectivity index (χ1) is 11.7. The number of nitrogens with zero attached hydrogens (tertiary/aromatic N) is 4. The number of hydrogen-bond acceptors (Lipinski definition) is 5. The second-order valence-electron chi connectivity index (χ2n) is 5.30. The Hall–Kier alpha value is -1.72. The van der Waals surface area contributed by atoms with Gasteiger partial charge >= 0.3 is 6.18 Å². The Morgan fingerprint density at radius 1 is 1.32 bits per heavy atom. The third kappa shape index (κ3) is 3.48. The molecule has 3 aromatic heterocycles. The van der Waals surface area contributed by atoms with Crippen LogP contribution in [0.2, 0.25) is 0 Å². The van der Waals surface area contributed by atoms with Gasteiger partial charge in [0.15, 0.2) is 4.96 Å². The number of aliphatic hydroxyl groups is 1. The number of alkyl halides is 3. The lowest BCUT2D eigenvalue weighted by molar-refractivity contribution is -0.144. The Bertz CT molecular complexity index is 993. The van der Waals surface area contributed by atoms with Crippen molar-refractivity contribution in [3.05, 3.63) is 49.0 Å². The van der Waals surface area contributed by atoms with Crippen LogP contribution in [0.25, 0.3) is 4.96 Å². The molecule has 0 unspecified atom stereocenters. The van der Waals surface area contributed by atoms with Crippen molar-refractivity contribution >= 4 is 32.2 Å². The van der Waals surface area contributed by atoms with E-state index in [0.29, 0.717) is 9.56 Å². The molecule has 3 aromatic rings. The fourth-order valence-electron chi connectivity index (χ4n) is 2.38. The Labute approximate surface area is 151 Å². The van der Waals surface area contributed by atoms with Crippen LogP contribution in [0.3, 0.4) is 0 Å². The molecule has 25 heavy (non-hydrogen) atoms. The smallest absolute Gasteiger partial charge is 0.396 e. The molecule has 0 fully saturated rings. The number of aromatic nitrogens is 4. The molecule has 0 atom stereocenters. The lowest BCUT2D eigenvalue weighted by Gasteiger charge is -2.09. The highest BCUT2D eigenvalue weighted by Crippen LogP contribution is 2.30. The lowest BCUT2D eigenvalue weighted by atomic mass is 10.3. The maximum absolute atomic E-state index is 13.2. The van der Waals surface area contributed by atoms with Gasteiger partial charge in [-0.05, 0) is 28.9 Å². The number of fused-ring (bicyclic) bond motifs is 1. The molecule has 0 aliphatic rings. The molecule has 6 nitrogen and oxygen atoms in total. The first-order valence-corrected chi connectivity index (χ1v) is 8.74. The molecule has 3 heterocycles. The zero-order valence-corrected chi connectivity index (χ0v) is 15.2. The molecule has 1 N–H and O–H groups in total. The van der Waals surface area contributed by atoms with Crippen molar-refractivity contribution in [3.63, 3.8) is 0 Å². The molecule has 0 aliphatic heterocycles. The molecular formula is C14H12BrF3N4O2S. The summed E-state index contributed by atoms with van der Waals surface area (Å²) in [6.07, 6.45) is -4.58. The van der Waals surface area contributed by atoms with Crippen LogP contribution in [0.15, 0.2) is 21.5 Å². The summed E-state index contributed by atoms with van der Waals surface area (Å²) in [6, 6.07) is 2.09. The summed E-state index contributed by atoms with van der Waals surface area (Å²) in [5.41, 5.74) is -1.01. The van der Waals surface area contributed by atoms with Gasteiger partial charge < -0.3 is 5.11 Å². The Morgan fingerprint density at radius 3 is 2.68 bits per heavy atom. The maximum Gasteiger partial charge on any atom is 0.433 e. The van der Waals surface area contributed by atoms with Crippen molar-refractivity contribution in [2.75, 3.05) is 6.61 Å². The second kappa shape index (κ2) is 6.54. The Morgan fingerprint density at radius 2 is 2.04 bits per heavy atom. The molecule has 0 radical (unpaired) electrons. The second-order valence-corrected chi connectivity index (χ2v) is 7.24. The van der Waals surface area contributed by atoms with Gasteiger partial charge in [-0.25, -0.2) is 9.38 Å². The van der Waals surface area contributed by atoms with Crippen LogP contribution in [0.1, 0.15) is 22.0 Å². The third-order valence-electron chi connectivity index (χ3n) is 3.47. The van der Waals surface area contributed by atoms with E-state index in [0.717, 1.165) is 15.6 Å². The van der Waals surface area contributed by atoms with E-state index in [4.69, 9.17) is 5.11 Å². The fraction of sp³-hybridized carbons (Fsp3) is 0.357. The minimum Gasteiger partial charge on any atom is -0.396 e. The summed E-state index contributed by atoms with van der Waals surface area (Å²) >= 11 is 4.56. The van der Waals surface area contributed by atoms with E-state index < -0.39 is 11.9 Å². The van der Waals surface area contributed by atoms with Crippen LogP contribution < -0.4 is 5.56 Å². The van der Waals surface area contributed by atoms with Crippen LogP contribution in [-0.2, 0) is 19.1 Å². The maximum atomic E-state index is 13.2. The number of aryl methyl sites for hydroxylation is 1. The summed E-state index contributed by atoms with van der Waals surface area (Å²) in [7, 11) is 0. The van der Waals surface area contributed by atoms with Crippen molar-refractivity contribution < 1.29 is 18.3 Å². The number of aliphatic hydroxyl groups excluding tert-OH is 1. The molecule has 0 saturated carbocycles. The number of rotatable bonds is 4. The quantitative estimate of drug-likeness (QED) is 0.682. The molecule has 134 valence electrons. The first kappa shape index (κ1) is 18.1. The van der Waals surface area contributed by atoms with Gasteiger partial charge in [0.25, 0.3) is 5.56 Å². The van der Waals surface area contributed by atoms with Crippen molar-refractivity contribution in [1.82, 2.24) is 19.2 Å². The minimum absolute atomic E-state index is 0.0161. The molecule has 0 aromatic carbocycles. The summed E-state index contributed by atoms with van der Waals surface area (Å²) in [6.45, 7) is 1.21. The van der Waals surface area contributed by atoms with Crippen LogP contribution in [0.4, 0.5) is 13.2 Å². The molecule has 11 heteroatoms. The minimum atomic E-state index is -4.59. The van der Waals surface area contributed by atoms with E-state index >= 15 is 0 Å². The van der Waals surface area contributed by atoms with Gasteiger partial charge in [0.2, 0.25) is 0 Å². The standard InChI is InChI=1S/C14H12BrF3N4O2S/c1-7-12(15)22-11(24)5-9(19-13(22)25-7)6-21-10(14(16,17)18)4-8(20-21)2-3-23/h4-5,23H,2-3,6H2,1H3. The Balaban J connectivity index is 2.05. The van der Waals surface area contributed by atoms with Crippen LogP contribution in [0, 0.1) is 6.92 Å². The third-order valence-corrected chi connectivity index (χ3v) is 5.64. The number of thiazole rings is 1. The summed E-state index contributed by atoms with van der Waals surface area (Å²) in [4.78, 5) is 17.7. The topological polar surface area (TPSA) is 72.4 Å². The van der Waals surface area contributed by atoms with E-state index in [9.17, 15) is 18.0 Å². The predicted octanol–water partition coefficient (Wildman–Crippen LogP) is 2.63. The number of hydrogen-bond donors (Lipinski definition) is 1. The van der Waals surface area contributed by atoms with Gasteiger partial charge in [0, 0.05) is 24.0 Å². The van der Waals surface area contributed by atoms with Gasteiger partial charge in [-0.3, -0.25) is 9.48 Å². The van der Waals surface area contributed by atoms with Gasteiger partial charge in [0.05, 0.1) is 17.9 Å². The molecule has 0 saturated heterocycles. The highest BCUT2D eigenvalue weighted by Gasteiger charge is 2.35. The molecule has 0 spiro atoms. The normalized spacial score (nSPS) is 12.2. The van der Waals surface area contributed by atoms with Crippen LogP contribution in [-0.4, -0.2) is 30.9 Å². The predicted molar refractivity (Wildman–Crippen MR) is 88.9 cm³/mol. The van der Waals surface area contributed by atoms with E-state index in [1.807, 2.05) is 0 Å². The van der Waals surface area contributed by atoms with Gasteiger partial charge in [0.1, 0.15) is 10.3 Å². The van der Waals surface area contributed by atoms with Gasteiger partial charge in [-0.2, -0.15) is 18.3 Å². The molecule has 3 rings (SSSR count). The number of halogens is 4. The monoisotopic (exact) mass is 436 g/mol. The van der Waals surface area contributed by atoms with Crippen molar-refractivity contribution in [2.45, 2.75) is 26.1 Å². The average molecular weight is 437 g/mol. The average Bonchev–Trinajstić information content (AvgIpc) is 3.01. The lowest BCUT2D eigenvalue weighted by Crippen LogP contribution is -2.19. The van der Waals surface area contributed by atoms with E-state index in [1.165, 1.54) is 21.8 Å². The highest BCUT2D eigenvalue weighted by atomic mass is 79.9. The van der Waals surface area contributed by atoms with Crippen LogP contribution >= 0.6 is 27.3 Å². The fourth-order valence-corrected chi connectivity index (χ4v) is 3.97. The summed E-state index contributed by atoms with van der Waals surface area (Å²) in [5.74, 6) is 0. The van der Waals surface area contributed by atoms with Crippen molar-refractivity contribution in [3.8, 4) is 0 Å². The summed E-state index contributed by atoms with van der Waals surface area (Å²) < 4.78 is 42.2.